The molecule has 0 radical (unpaired) electrons. The normalized spacial score (nSPS) is 12.4. The molecule has 2 aromatic rings. The van der Waals surface area contributed by atoms with Crippen LogP contribution in [0.1, 0.15) is 16.8 Å². The zero-order chi connectivity index (χ0) is 11.4. The van der Waals surface area contributed by atoms with Gasteiger partial charge in [0, 0.05) is 17.4 Å². The molecular weight excluding hydrogens is 243 g/mol. The maximum Gasteiger partial charge on any atom is 0.146 e. The molecule has 1 aromatic heterocycles. The molecular formula is C12H10Cl2N2. The zero-order valence-electron chi connectivity index (χ0n) is 8.48. The number of hydrogen-bond donors (Lipinski definition) is 0. The number of nitrogens with zero attached hydrogens (tertiary/aromatic N) is 2. The van der Waals surface area contributed by atoms with Crippen molar-refractivity contribution < 1.29 is 0 Å². The summed E-state index contributed by atoms with van der Waals surface area (Å²) in [6, 6.07) is 9.42. The number of aromatic nitrogens is 2. The van der Waals surface area contributed by atoms with E-state index in [9.17, 15) is 0 Å². The van der Waals surface area contributed by atoms with Crippen LogP contribution in [0.15, 0.2) is 42.7 Å². The highest BCUT2D eigenvalue weighted by atomic mass is 35.5. The van der Waals surface area contributed by atoms with Gasteiger partial charge >= 0.3 is 0 Å². The lowest BCUT2D eigenvalue weighted by Gasteiger charge is -2.08. The second-order valence-corrected chi connectivity index (χ2v) is 4.30. The summed E-state index contributed by atoms with van der Waals surface area (Å²) >= 11 is 12.3. The van der Waals surface area contributed by atoms with E-state index in [1.807, 2.05) is 24.3 Å². The molecule has 82 valence electrons. The predicted molar refractivity (Wildman–Crippen MR) is 65.8 cm³/mol. The number of benzene rings is 1. The van der Waals surface area contributed by atoms with Crippen LogP contribution in [0.5, 0.6) is 0 Å². The van der Waals surface area contributed by atoms with Crippen molar-refractivity contribution >= 4 is 23.2 Å². The van der Waals surface area contributed by atoms with E-state index in [0.717, 1.165) is 10.6 Å². The fraction of sp³-hybridized carbons (Fsp3) is 0.167. The van der Waals surface area contributed by atoms with Crippen LogP contribution in [-0.4, -0.2) is 9.97 Å². The molecule has 2 nitrogen and oxygen atoms in total. The molecule has 1 heterocycles. The molecule has 0 aliphatic rings. The van der Waals surface area contributed by atoms with E-state index >= 15 is 0 Å². The standard InChI is InChI=1S/C12H10Cl2N2/c13-10-5-2-1-4-9(10)8-11(14)12-15-6-3-7-16-12/h1-7,11H,8H2. The van der Waals surface area contributed by atoms with Crippen LogP contribution in [0.25, 0.3) is 0 Å². The largest absolute Gasteiger partial charge is 0.240 e. The smallest absolute Gasteiger partial charge is 0.146 e. The molecule has 1 atom stereocenters. The fourth-order valence-electron chi connectivity index (χ4n) is 1.42. The third-order valence-corrected chi connectivity index (χ3v) is 2.94. The van der Waals surface area contributed by atoms with Gasteiger partial charge in [-0.2, -0.15) is 0 Å². The monoisotopic (exact) mass is 252 g/mol. The molecule has 0 saturated carbocycles. The number of alkyl halides is 1. The molecule has 4 heteroatoms. The molecule has 0 saturated heterocycles. The average Bonchev–Trinajstić information content (AvgIpc) is 2.33. The molecule has 0 fully saturated rings. The highest BCUT2D eigenvalue weighted by molar-refractivity contribution is 6.31. The van der Waals surface area contributed by atoms with E-state index in [1.54, 1.807) is 18.5 Å². The van der Waals surface area contributed by atoms with Gasteiger partial charge in [-0.05, 0) is 24.1 Å². The summed E-state index contributed by atoms with van der Waals surface area (Å²) in [7, 11) is 0. The Morgan fingerprint density at radius 1 is 1.06 bits per heavy atom. The van der Waals surface area contributed by atoms with Crippen molar-refractivity contribution in [3.63, 3.8) is 0 Å². The van der Waals surface area contributed by atoms with Crippen LogP contribution in [0.4, 0.5) is 0 Å². The first-order valence-electron chi connectivity index (χ1n) is 4.92. The van der Waals surface area contributed by atoms with Gasteiger partial charge in [-0.3, -0.25) is 0 Å². The summed E-state index contributed by atoms with van der Waals surface area (Å²) in [6.45, 7) is 0. The van der Waals surface area contributed by atoms with Gasteiger partial charge in [0.2, 0.25) is 0 Å². The summed E-state index contributed by atoms with van der Waals surface area (Å²) in [6.07, 6.45) is 4.00. The zero-order valence-corrected chi connectivity index (χ0v) is 9.99. The maximum absolute atomic E-state index is 6.23. The second-order valence-electron chi connectivity index (χ2n) is 3.37. The molecule has 16 heavy (non-hydrogen) atoms. The first-order chi connectivity index (χ1) is 7.77. The Labute approximate surface area is 104 Å². The Kier molecular flexibility index (Phi) is 3.75. The van der Waals surface area contributed by atoms with E-state index in [4.69, 9.17) is 23.2 Å². The van der Waals surface area contributed by atoms with E-state index in [-0.39, 0.29) is 5.38 Å². The molecule has 0 spiro atoms. The van der Waals surface area contributed by atoms with Crippen molar-refractivity contribution in [3.05, 3.63) is 59.1 Å². The van der Waals surface area contributed by atoms with E-state index in [1.165, 1.54) is 0 Å². The minimum Gasteiger partial charge on any atom is -0.240 e. The Hall–Kier alpha value is -1.12. The lowest BCUT2D eigenvalue weighted by atomic mass is 10.1. The van der Waals surface area contributed by atoms with Crippen LogP contribution in [0.3, 0.4) is 0 Å². The van der Waals surface area contributed by atoms with E-state index < -0.39 is 0 Å². The molecule has 0 aliphatic carbocycles. The minimum atomic E-state index is -0.249. The van der Waals surface area contributed by atoms with Gasteiger partial charge in [-0.15, -0.1) is 11.6 Å². The number of halogens is 2. The maximum atomic E-state index is 6.23. The van der Waals surface area contributed by atoms with E-state index in [0.29, 0.717) is 12.2 Å². The van der Waals surface area contributed by atoms with Crippen LogP contribution in [0.2, 0.25) is 5.02 Å². The third kappa shape index (κ3) is 2.71. The summed E-state index contributed by atoms with van der Waals surface area (Å²) in [4.78, 5) is 8.24. The molecule has 0 amide bonds. The van der Waals surface area contributed by atoms with Crippen LogP contribution in [0, 0.1) is 0 Å². The van der Waals surface area contributed by atoms with Crippen molar-refractivity contribution in [3.8, 4) is 0 Å². The Balaban J connectivity index is 2.14. The van der Waals surface area contributed by atoms with Gasteiger partial charge in [0.05, 0.1) is 5.38 Å². The third-order valence-electron chi connectivity index (χ3n) is 2.22. The summed E-state index contributed by atoms with van der Waals surface area (Å²) in [5, 5.41) is 0.477. The van der Waals surface area contributed by atoms with Gasteiger partial charge in [0.25, 0.3) is 0 Å². The van der Waals surface area contributed by atoms with Crippen molar-refractivity contribution in [2.75, 3.05) is 0 Å². The quantitative estimate of drug-likeness (QED) is 0.780. The number of rotatable bonds is 3. The molecule has 0 aliphatic heterocycles. The lowest BCUT2D eigenvalue weighted by molar-refractivity contribution is 0.826. The van der Waals surface area contributed by atoms with Gasteiger partial charge in [-0.1, -0.05) is 29.8 Å². The SMILES string of the molecule is Clc1ccccc1CC(Cl)c1ncccn1. The highest BCUT2D eigenvalue weighted by Crippen LogP contribution is 2.25. The summed E-state index contributed by atoms with van der Waals surface area (Å²) in [5.41, 5.74) is 1.01. The van der Waals surface area contributed by atoms with Gasteiger partial charge in [0.1, 0.15) is 5.82 Å². The van der Waals surface area contributed by atoms with Crippen molar-refractivity contribution in [1.29, 1.82) is 0 Å². The van der Waals surface area contributed by atoms with E-state index in [2.05, 4.69) is 9.97 Å². The lowest BCUT2D eigenvalue weighted by Crippen LogP contribution is -2.01. The molecule has 0 N–H and O–H groups in total. The minimum absolute atomic E-state index is 0.249. The molecule has 2 rings (SSSR count). The molecule has 1 aromatic carbocycles. The Morgan fingerprint density at radius 3 is 2.44 bits per heavy atom. The fourth-order valence-corrected chi connectivity index (χ4v) is 1.91. The van der Waals surface area contributed by atoms with Gasteiger partial charge in [-0.25, -0.2) is 9.97 Å². The Morgan fingerprint density at radius 2 is 1.75 bits per heavy atom. The van der Waals surface area contributed by atoms with Crippen molar-refractivity contribution in [1.82, 2.24) is 9.97 Å². The predicted octanol–water partition coefficient (Wildman–Crippen LogP) is 3.65. The number of hydrogen-bond acceptors (Lipinski definition) is 2. The summed E-state index contributed by atoms with van der Waals surface area (Å²) in [5.74, 6) is 0.629. The van der Waals surface area contributed by atoms with Crippen LogP contribution < -0.4 is 0 Å². The van der Waals surface area contributed by atoms with Crippen LogP contribution in [-0.2, 0) is 6.42 Å². The van der Waals surface area contributed by atoms with Crippen LogP contribution >= 0.6 is 23.2 Å². The first kappa shape index (κ1) is 11.4. The molecule has 0 bridgehead atoms. The van der Waals surface area contributed by atoms with Crippen molar-refractivity contribution in [2.24, 2.45) is 0 Å². The highest BCUT2D eigenvalue weighted by Gasteiger charge is 2.12. The van der Waals surface area contributed by atoms with Crippen molar-refractivity contribution in [2.45, 2.75) is 11.8 Å². The second kappa shape index (κ2) is 5.28. The topological polar surface area (TPSA) is 25.8 Å². The summed E-state index contributed by atoms with van der Waals surface area (Å²) < 4.78 is 0. The molecule has 1 unspecified atom stereocenters. The average molecular weight is 253 g/mol. The first-order valence-corrected chi connectivity index (χ1v) is 5.73. The van der Waals surface area contributed by atoms with Gasteiger partial charge in [0.15, 0.2) is 0 Å². The van der Waals surface area contributed by atoms with Gasteiger partial charge < -0.3 is 0 Å². The Bertz CT molecular complexity index is 460.